The molecule has 1 atom stereocenters. The summed E-state index contributed by atoms with van der Waals surface area (Å²) in [5.41, 5.74) is 0.865. The normalized spacial score (nSPS) is 20.2. The van der Waals surface area contributed by atoms with E-state index in [9.17, 15) is 13.2 Å². The van der Waals surface area contributed by atoms with Gasteiger partial charge in [-0.2, -0.15) is 0 Å². The summed E-state index contributed by atoms with van der Waals surface area (Å²) < 4.78 is 23.1. The van der Waals surface area contributed by atoms with Crippen molar-refractivity contribution in [2.45, 2.75) is 25.9 Å². The number of rotatable bonds is 6. The number of carbonyl (C=O) groups is 1. The Morgan fingerprint density at radius 3 is 2.73 bits per heavy atom. The van der Waals surface area contributed by atoms with Crippen molar-refractivity contribution in [1.82, 2.24) is 10.2 Å². The Hall–Kier alpha value is -1.11. The zero-order valence-electron chi connectivity index (χ0n) is 12.6. The third kappa shape index (κ3) is 4.69. The van der Waals surface area contributed by atoms with Gasteiger partial charge in [0.05, 0.1) is 18.1 Å². The molecule has 122 valence electrons. The number of halogens is 1. The molecule has 0 aliphatic carbocycles. The summed E-state index contributed by atoms with van der Waals surface area (Å²) in [6.45, 7) is 3.17. The van der Waals surface area contributed by atoms with Crippen LogP contribution in [-0.2, 0) is 21.2 Å². The van der Waals surface area contributed by atoms with E-state index in [1.54, 1.807) is 6.07 Å². The number of benzene rings is 1. The van der Waals surface area contributed by atoms with Gasteiger partial charge in [-0.25, -0.2) is 8.42 Å². The van der Waals surface area contributed by atoms with Crippen molar-refractivity contribution < 1.29 is 13.2 Å². The number of nitrogens with zero attached hydrogens (tertiary/aromatic N) is 1. The van der Waals surface area contributed by atoms with Gasteiger partial charge in [-0.3, -0.25) is 9.69 Å². The topological polar surface area (TPSA) is 66.5 Å². The average molecular weight is 345 g/mol. The maximum atomic E-state index is 12.1. The zero-order chi connectivity index (χ0) is 16.2. The molecule has 0 aromatic heterocycles. The van der Waals surface area contributed by atoms with Gasteiger partial charge in [-0.05, 0) is 24.6 Å². The number of carbonyl (C=O) groups excluding carboxylic acids is 1. The van der Waals surface area contributed by atoms with Crippen LogP contribution in [0.2, 0.25) is 5.02 Å². The SMILES string of the molecule is CCN(CC(=O)NCc1ccccc1Cl)C1CCS(=O)(=O)C1. The van der Waals surface area contributed by atoms with E-state index in [0.29, 0.717) is 24.5 Å². The highest BCUT2D eigenvalue weighted by Gasteiger charge is 2.32. The van der Waals surface area contributed by atoms with Crippen LogP contribution in [0, 0.1) is 0 Å². The van der Waals surface area contributed by atoms with Crippen molar-refractivity contribution in [2.24, 2.45) is 0 Å². The Kier molecular flexibility index (Phi) is 5.83. The first-order valence-electron chi connectivity index (χ1n) is 7.36. The summed E-state index contributed by atoms with van der Waals surface area (Å²) in [6.07, 6.45) is 0.605. The molecule has 0 bridgehead atoms. The Morgan fingerprint density at radius 1 is 1.41 bits per heavy atom. The molecular weight excluding hydrogens is 324 g/mol. The highest BCUT2D eigenvalue weighted by atomic mass is 35.5. The lowest BCUT2D eigenvalue weighted by molar-refractivity contribution is -0.122. The van der Waals surface area contributed by atoms with Crippen LogP contribution < -0.4 is 5.32 Å². The van der Waals surface area contributed by atoms with E-state index in [0.717, 1.165) is 5.56 Å². The van der Waals surface area contributed by atoms with Crippen LogP contribution in [-0.4, -0.2) is 49.9 Å². The van der Waals surface area contributed by atoms with Crippen LogP contribution in [0.3, 0.4) is 0 Å². The minimum atomic E-state index is -2.94. The number of likely N-dealkylation sites (N-methyl/N-ethyl adjacent to an activating group) is 1. The molecule has 5 nitrogen and oxygen atoms in total. The van der Waals surface area contributed by atoms with Crippen molar-refractivity contribution in [3.8, 4) is 0 Å². The minimum Gasteiger partial charge on any atom is -0.351 e. The Balaban J connectivity index is 1.86. The summed E-state index contributed by atoms with van der Waals surface area (Å²) in [6, 6.07) is 7.30. The number of hydrogen-bond donors (Lipinski definition) is 1. The van der Waals surface area contributed by atoms with E-state index >= 15 is 0 Å². The van der Waals surface area contributed by atoms with Gasteiger partial charge in [0.15, 0.2) is 9.84 Å². The van der Waals surface area contributed by atoms with Crippen LogP contribution in [0.4, 0.5) is 0 Å². The number of nitrogens with one attached hydrogen (secondary N) is 1. The first-order valence-corrected chi connectivity index (χ1v) is 9.56. The lowest BCUT2D eigenvalue weighted by Crippen LogP contribution is -2.43. The summed E-state index contributed by atoms with van der Waals surface area (Å²) in [5, 5.41) is 3.46. The molecule has 1 aliphatic heterocycles. The second-order valence-corrected chi connectivity index (χ2v) is 8.12. The van der Waals surface area contributed by atoms with E-state index in [1.165, 1.54) is 0 Å². The molecule has 22 heavy (non-hydrogen) atoms. The molecule has 1 fully saturated rings. The summed E-state index contributed by atoms with van der Waals surface area (Å²) >= 11 is 6.05. The third-order valence-corrected chi connectivity index (χ3v) is 6.03. The molecule has 1 aromatic carbocycles. The molecule has 2 rings (SSSR count). The van der Waals surface area contributed by atoms with Gasteiger partial charge in [0.1, 0.15) is 0 Å². The van der Waals surface area contributed by atoms with Gasteiger partial charge in [-0.1, -0.05) is 36.7 Å². The molecule has 1 heterocycles. The Bertz CT molecular complexity index is 633. The van der Waals surface area contributed by atoms with Gasteiger partial charge in [-0.15, -0.1) is 0 Å². The van der Waals surface area contributed by atoms with Crippen LogP contribution in [0.15, 0.2) is 24.3 Å². The van der Waals surface area contributed by atoms with Crippen molar-refractivity contribution in [1.29, 1.82) is 0 Å². The summed E-state index contributed by atoms with van der Waals surface area (Å²) in [5.74, 6) is 0.250. The fraction of sp³-hybridized carbons (Fsp3) is 0.533. The molecule has 1 N–H and O–H groups in total. The van der Waals surface area contributed by atoms with E-state index in [4.69, 9.17) is 11.6 Å². The smallest absolute Gasteiger partial charge is 0.234 e. The molecule has 0 saturated carbocycles. The highest BCUT2D eigenvalue weighted by molar-refractivity contribution is 7.91. The van der Waals surface area contributed by atoms with E-state index in [-0.39, 0.29) is 30.0 Å². The van der Waals surface area contributed by atoms with Crippen LogP contribution in [0.5, 0.6) is 0 Å². The standard InChI is InChI=1S/C15H21ClN2O3S/c1-2-18(13-7-8-22(20,21)11-13)10-15(19)17-9-12-5-3-4-6-14(12)16/h3-6,13H,2,7-11H2,1H3,(H,17,19). The lowest BCUT2D eigenvalue weighted by Gasteiger charge is -2.25. The second-order valence-electron chi connectivity index (χ2n) is 5.49. The predicted molar refractivity (Wildman–Crippen MR) is 87.6 cm³/mol. The van der Waals surface area contributed by atoms with Crippen LogP contribution in [0.25, 0.3) is 0 Å². The minimum absolute atomic E-state index is 0.0546. The molecular formula is C15H21ClN2O3S. The first-order chi connectivity index (χ1) is 10.4. The quantitative estimate of drug-likeness (QED) is 0.848. The molecule has 1 saturated heterocycles. The van der Waals surface area contributed by atoms with Gasteiger partial charge in [0.25, 0.3) is 0 Å². The van der Waals surface area contributed by atoms with E-state index in [2.05, 4.69) is 5.32 Å². The van der Waals surface area contributed by atoms with Gasteiger partial charge >= 0.3 is 0 Å². The van der Waals surface area contributed by atoms with Crippen LogP contribution >= 0.6 is 11.6 Å². The molecule has 1 unspecified atom stereocenters. The predicted octanol–water partition coefficient (Wildman–Crippen LogP) is 1.47. The van der Waals surface area contributed by atoms with Gasteiger partial charge in [0, 0.05) is 17.6 Å². The van der Waals surface area contributed by atoms with Crippen molar-refractivity contribution in [2.75, 3.05) is 24.6 Å². The molecule has 0 radical (unpaired) electrons. The largest absolute Gasteiger partial charge is 0.351 e. The molecule has 0 spiro atoms. The average Bonchev–Trinajstić information content (AvgIpc) is 2.84. The van der Waals surface area contributed by atoms with Crippen molar-refractivity contribution in [3.63, 3.8) is 0 Å². The molecule has 7 heteroatoms. The highest BCUT2D eigenvalue weighted by Crippen LogP contribution is 2.17. The third-order valence-electron chi connectivity index (χ3n) is 3.91. The van der Waals surface area contributed by atoms with E-state index < -0.39 is 9.84 Å². The Labute approximate surface area is 136 Å². The van der Waals surface area contributed by atoms with Gasteiger partial charge in [0.2, 0.25) is 5.91 Å². The summed E-state index contributed by atoms with van der Waals surface area (Å²) in [7, 11) is -2.94. The summed E-state index contributed by atoms with van der Waals surface area (Å²) in [4.78, 5) is 14.0. The van der Waals surface area contributed by atoms with Crippen LogP contribution in [0.1, 0.15) is 18.9 Å². The first kappa shape index (κ1) is 17.2. The monoisotopic (exact) mass is 344 g/mol. The molecule has 1 aromatic rings. The fourth-order valence-corrected chi connectivity index (χ4v) is 4.60. The second kappa shape index (κ2) is 7.44. The van der Waals surface area contributed by atoms with E-state index in [1.807, 2.05) is 30.0 Å². The number of amides is 1. The maximum absolute atomic E-state index is 12.1. The number of sulfone groups is 1. The van der Waals surface area contributed by atoms with Gasteiger partial charge < -0.3 is 5.32 Å². The van der Waals surface area contributed by atoms with Crippen molar-refractivity contribution >= 4 is 27.3 Å². The Morgan fingerprint density at radius 2 is 2.14 bits per heavy atom. The maximum Gasteiger partial charge on any atom is 0.234 e. The zero-order valence-corrected chi connectivity index (χ0v) is 14.2. The molecule has 1 amide bonds. The molecule has 1 aliphatic rings. The fourth-order valence-electron chi connectivity index (χ4n) is 2.64. The lowest BCUT2D eigenvalue weighted by atomic mass is 10.2. The van der Waals surface area contributed by atoms with Crippen molar-refractivity contribution in [3.05, 3.63) is 34.9 Å². The number of hydrogen-bond acceptors (Lipinski definition) is 4.